The fourth-order valence-electron chi connectivity index (χ4n) is 7.29. The summed E-state index contributed by atoms with van der Waals surface area (Å²) in [5.41, 5.74) is 0. The summed E-state index contributed by atoms with van der Waals surface area (Å²) in [6, 6.07) is 0. The first-order valence-corrected chi connectivity index (χ1v) is 23.6. The van der Waals surface area contributed by atoms with Gasteiger partial charge in [-0.15, -0.1) is 0 Å². The van der Waals surface area contributed by atoms with Crippen molar-refractivity contribution in [1.82, 2.24) is 0 Å². The average molecular weight is 624 g/mol. The van der Waals surface area contributed by atoms with Crippen molar-refractivity contribution in [3.63, 3.8) is 0 Å². The Kier molecular flexibility index (Phi) is 37.3. The molecule has 0 aliphatic heterocycles. The van der Waals surface area contributed by atoms with Gasteiger partial charge in [-0.05, 0) is 38.5 Å². The lowest BCUT2D eigenvalue weighted by atomic mass is 10.0. The quantitative estimate of drug-likeness (QED) is 0.0474. The Balaban J connectivity index is 3.95. The molecule has 0 rings (SSSR count). The predicted molar refractivity (Wildman–Crippen MR) is 206 cm³/mol. The number of rotatable bonds is 38. The van der Waals surface area contributed by atoms with Crippen molar-refractivity contribution >= 4 is 7.26 Å². The van der Waals surface area contributed by atoms with Crippen LogP contribution in [0.4, 0.5) is 0 Å². The molecule has 0 aliphatic rings. The second-order valence-corrected chi connectivity index (χ2v) is 19.3. The van der Waals surface area contributed by atoms with Crippen LogP contribution in [-0.2, 0) is 0 Å². The van der Waals surface area contributed by atoms with Gasteiger partial charge in [0.1, 0.15) is 0 Å². The van der Waals surface area contributed by atoms with E-state index in [4.69, 9.17) is 0 Å². The van der Waals surface area contributed by atoms with Crippen molar-refractivity contribution in [2.45, 2.75) is 246 Å². The highest BCUT2D eigenvalue weighted by Gasteiger charge is 2.34. The Hall–Kier alpha value is 0.430. The minimum atomic E-state index is -0.702. The third-order valence-corrected chi connectivity index (χ3v) is 15.5. The molecule has 0 heterocycles. The Morgan fingerprint density at radius 3 is 0.558 bits per heavy atom. The minimum absolute atomic E-state index is 0.702. The van der Waals surface area contributed by atoms with Gasteiger partial charge in [0.15, 0.2) is 0 Å². The summed E-state index contributed by atoms with van der Waals surface area (Å²) in [6.45, 7) is 9.49. The second kappa shape index (κ2) is 36.9. The van der Waals surface area contributed by atoms with Crippen molar-refractivity contribution in [3.05, 3.63) is 0 Å². The summed E-state index contributed by atoms with van der Waals surface area (Å²) >= 11 is 0. The van der Waals surface area contributed by atoms with E-state index in [2.05, 4.69) is 27.7 Å². The van der Waals surface area contributed by atoms with Crippen LogP contribution in [0.1, 0.15) is 246 Å². The highest BCUT2D eigenvalue weighted by Crippen LogP contribution is 2.61. The van der Waals surface area contributed by atoms with Crippen LogP contribution >= 0.6 is 7.26 Å². The Labute approximate surface area is 277 Å². The number of hydrogen-bond donors (Lipinski definition) is 0. The van der Waals surface area contributed by atoms with Crippen LogP contribution in [0.5, 0.6) is 0 Å². The second-order valence-electron chi connectivity index (χ2n) is 14.8. The molecule has 0 N–H and O–H groups in total. The maximum absolute atomic E-state index is 2.43. The van der Waals surface area contributed by atoms with Gasteiger partial charge in [0.25, 0.3) is 0 Å². The lowest BCUT2D eigenvalue weighted by Gasteiger charge is -2.28. The third-order valence-electron chi connectivity index (χ3n) is 10.4. The summed E-state index contributed by atoms with van der Waals surface area (Å²) in [7, 11) is -0.702. The molecule has 0 aliphatic carbocycles. The van der Waals surface area contributed by atoms with Gasteiger partial charge >= 0.3 is 0 Å². The molecule has 0 spiro atoms. The van der Waals surface area contributed by atoms with Crippen LogP contribution in [0.2, 0.25) is 0 Å². The monoisotopic (exact) mass is 624 g/mol. The maximum atomic E-state index is 2.43. The molecular formula is C42H88P+. The van der Waals surface area contributed by atoms with Crippen LogP contribution in [0.25, 0.3) is 0 Å². The molecule has 0 atom stereocenters. The zero-order valence-electron chi connectivity index (χ0n) is 31.3. The van der Waals surface area contributed by atoms with E-state index in [0.717, 1.165) is 0 Å². The smallest absolute Gasteiger partial charge is 0.0594 e. The van der Waals surface area contributed by atoms with E-state index >= 15 is 0 Å². The van der Waals surface area contributed by atoms with Gasteiger partial charge in [-0.3, -0.25) is 0 Å². The third kappa shape index (κ3) is 32.2. The van der Waals surface area contributed by atoms with Gasteiger partial charge in [-0.25, -0.2) is 0 Å². The topological polar surface area (TPSA) is 0 Å². The first-order valence-electron chi connectivity index (χ1n) is 21.1. The highest BCUT2D eigenvalue weighted by molar-refractivity contribution is 7.75. The summed E-state index contributed by atoms with van der Waals surface area (Å²) in [5.74, 6) is 0. The molecule has 0 aromatic heterocycles. The highest BCUT2D eigenvalue weighted by atomic mass is 31.2. The van der Waals surface area contributed by atoms with Gasteiger partial charge in [0.2, 0.25) is 0 Å². The lowest BCUT2D eigenvalue weighted by molar-refractivity contribution is 0.534. The predicted octanol–water partition coefficient (Wildman–Crippen LogP) is 16.3. The molecule has 43 heavy (non-hydrogen) atoms. The van der Waals surface area contributed by atoms with Crippen LogP contribution in [0.15, 0.2) is 0 Å². The molecule has 1 heteroatoms. The molecule has 0 amide bonds. The fraction of sp³-hybridized carbons (Fsp3) is 1.00. The average Bonchev–Trinajstić information content (AvgIpc) is 3.02. The zero-order chi connectivity index (χ0) is 31.4. The molecule has 0 radical (unpaired) electrons. The molecular weight excluding hydrogens is 535 g/mol. The molecule has 0 fully saturated rings. The molecule has 0 aromatic carbocycles. The maximum Gasteiger partial charge on any atom is 0.0594 e. The van der Waals surface area contributed by atoms with Gasteiger partial charge in [-0.2, -0.15) is 0 Å². The Morgan fingerprint density at radius 1 is 0.186 bits per heavy atom. The fourth-order valence-corrected chi connectivity index (χ4v) is 12.4. The van der Waals surface area contributed by atoms with Gasteiger partial charge in [0, 0.05) is 7.26 Å². The molecule has 0 saturated heterocycles. The molecule has 0 nitrogen and oxygen atoms in total. The lowest BCUT2D eigenvalue weighted by Crippen LogP contribution is -2.13. The van der Waals surface area contributed by atoms with Crippen molar-refractivity contribution < 1.29 is 0 Å². The van der Waals surface area contributed by atoms with Gasteiger partial charge in [-0.1, -0.05) is 207 Å². The van der Waals surface area contributed by atoms with Gasteiger partial charge < -0.3 is 0 Å². The molecule has 0 unspecified atom stereocenters. The zero-order valence-corrected chi connectivity index (χ0v) is 32.2. The van der Waals surface area contributed by atoms with E-state index in [1.807, 2.05) is 0 Å². The minimum Gasteiger partial charge on any atom is -0.0654 e. The first kappa shape index (κ1) is 43.4. The largest absolute Gasteiger partial charge is 0.0654 e. The van der Waals surface area contributed by atoms with Crippen molar-refractivity contribution in [3.8, 4) is 0 Å². The molecule has 260 valence electrons. The summed E-state index contributed by atoms with van der Waals surface area (Å²) in [6.07, 6.45) is 57.0. The molecule has 0 saturated carbocycles. The summed E-state index contributed by atoms with van der Waals surface area (Å²) < 4.78 is 0. The van der Waals surface area contributed by atoms with E-state index in [0.29, 0.717) is 0 Å². The van der Waals surface area contributed by atoms with Gasteiger partial charge in [0.05, 0.1) is 24.6 Å². The van der Waals surface area contributed by atoms with Crippen LogP contribution < -0.4 is 0 Å². The van der Waals surface area contributed by atoms with E-state index < -0.39 is 7.26 Å². The standard InChI is InChI=1S/C42H88P/c1-5-9-13-15-17-19-21-23-25-27-29-31-33-35-37-41-43(39-11-7-3,40-12-8-4)42-38-36-34-32-30-28-26-24-22-20-18-16-14-10-6-2/h5-42H2,1-4H3/q+1. The van der Waals surface area contributed by atoms with E-state index in [1.165, 1.54) is 205 Å². The van der Waals surface area contributed by atoms with E-state index in [-0.39, 0.29) is 0 Å². The first-order chi connectivity index (χ1) is 21.2. The van der Waals surface area contributed by atoms with Crippen molar-refractivity contribution in [2.75, 3.05) is 24.6 Å². The normalized spacial score (nSPS) is 12.0. The van der Waals surface area contributed by atoms with Crippen molar-refractivity contribution in [2.24, 2.45) is 0 Å². The number of hydrogen-bond acceptors (Lipinski definition) is 0. The summed E-state index contributed by atoms with van der Waals surface area (Å²) in [5, 5.41) is 0. The van der Waals surface area contributed by atoms with Crippen LogP contribution in [0.3, 0.4) is 0 Å². The van der Waals surface area contributed by atoms with Crippen LogP contribution in [-0.4, -0.2) is 24.6 Å². The van der Waals surface area contributed by atoms with E-state index in [9.17, 15) is 0 Å². The molecule has 0 aromatic rings. The summed E-state index contributed by atoms with van der Waals surface area (Å²) in [4.78, 5) is 0. The van der Waals surface area contributed by atoms with Crippen molar-refractivity contribution in [1.29, 1.82) is 0 Å². The SMILES string of the molecule is CCCCCCCCCCCCCCCCC[P+](CCCC)(CCCC)CCCCCCCCCCCCCCCCC. The Bertz CT molecular complexity index is 441. The van der Waals surface area contributed by atoms with Crippen LogP contribution in [0, 0.1) is 0 Å². The number of unbranched alkanes of at least 4 members (excludes halogenated alkanes) is 30. The van der Waals surface area contributed by atoms with E-state index in [1.54, 1.807) is 37.5 Å². The molecule has 0 bridgehead atoms. The Morgan fingerprint density at radius 2 is 0.349 bits per heavy atom.